The molecule has 0 spiro atoms. The molecule has 3 aromatic rings. The van der Waals surface area contributed by atoms with E-state index in [1.54, 1.807) is 17.4 Å². The molecule has 0 aliphatic carbocycles. The normalized spacial score (nSPS) is 14.7. The number of amides is 1. The van der Waals surface area contributed by atoms with Gasteiger partial charge < -0.3 is 10.2 Å². The Balaban J connectivity index is 1.25. The summed E-state index contributed by atoms with van der Waals surface area (Å²) in [5.74, 6) is -0.289. The third-order valence-corrected chi connectivity index (χ3v) is 6.60. The van der Waals surface area contributed by atoms with Gasteiger partial charge in [-0.1, -0.05) is 30.4 Å². The van der Waals surface area contributed by atoms with Gasteiger partial charge in [-0.25, -0.2) is 4.98 Å². The minimum Gasteiger partial charge on any atom is -0.351 e. The quantitative estimate of drug-likeness (QED) is 0.449. The molecule has 1 aliphatic rings. The number of carbonyl (C=O) groups is 1. The Bertz CT molecular complexity index is 1090. The summed E-state index contributed by atoms with van der Waals surface area (Å²) in [4.78, 5) is 32.1. The number of nitrogens with zero attached hydrogens (tertiary/aromatic N) is 4. The lowest BCUT2D eigenvalue weighted by Gasteiger charge is -2.34. The molecule has 0 radical (unpaired) electrons. The summed E-state index contributed by atoms with van der Waals surface area (Å²) in [5.41, 5.74) is 2.62. The highest BCUT2D eigenvalue weighted by molar-refractivity contribution is 7.22. The second kappa shape index (κ2) is 9.40. The molecular formula is C22H25N5O3S. The number of hydrogen-bond donors (Lipinski definition) is 1. The molecule has 0 bridgehead atoms. The number of thiazole rings is 1. The monoisotopic (exact) mass is 439 g/mol. The first-order chi connectivity index (χ1) is 15.0. The van der Waals surface area contributed by atoms with Crippen molar-refractivity contribution in [3.63, 3.8) is 0 Å². The van der Waals surface area contributed by atoms with Crippen LogP contribution >= 0.6 is 11.3 Å². The van der Waals surface area contributed by atoms with E-state index in [0.29, 0.717) is 12.1 Å². The SMILES string of the molecule is CCc1ccc2nc(N3CCN(CCNC(=O)c4cccc([N+](=O)[O-])c4)CC3)sc2c1. The van der Waals surface area contributed by atoms with Gasteiger partial charge in [-0.3, -0.25) is 19.8 Å². The van der Waals surface area contributed by atoms with E-state index in [1.807, 2.05) is 0 Å². The second-order valence-corrected chi connectivity index (χ2v) is 8.55. The fourth-order valence-corrected chi connectivity index (χ4v) is 4.75. The largest absolute Gasteiger partial charge is 0.351 e. The van der Waals surface area contributed by atoms with Gasteiger partial charge in [0.2, 0.25) is 0 Å². The van der Waals surface area contributed by atoms with E-state index in [-0.39, 0.29) is 11.6 Å². The molecule has 4 rings (SSSR count). The molecule has 31 heavy (non-hydrogen) atoms. The summed E-state index contributed by atoms with van der Waals surface area (Å²) in [5, 5.41) is 14.8. The van der Waals surface area contributed by atoms with E-state index in [2.05, 4.69) is 40.2 Å². The van der Waals surface area contributed by atoms with E-state index < -0.39 is 4.92 Å². The number of nitro benzene ring substituents is 1. The predicted molar refractivity (Wildman–Crippen MR) is 123 cm³/mol. The number of fused-ring (bicyclic) bond motifs is 1. The summed E-state index contributed by atoms with van der Waals surface area (Å²) in [6.07, 6.45) is 1.03. The number of anilines is 1. The molecule has 0 atom stereocenters. The molecule has 1 aromatic heterocycles. The molecule has 1 amide bonds. The van der Waals surface area contributed by atoms with Crippen molar-refractivity contribution in [3.8, 4) is 0 Å². The standard InChI is InChI=1S/C22H25N5O3S/c1-2-16-6-7-19-20(14-16)31-22(24-19)26-12-10-25(11-13-26)9-8-23-21(28)17-4-3-5-18(15-17)27(29)30/h3-7,14-15H,2,8-13H2,1H3,(H,23,28). The summed E-state index contributed by atoms with van der Waals surface area (Å²) in [6.45, 7) is 7.02. The number of rotatable bonds is 7. The molecule has 1 aliphatic heterocycles. The molecule has 1 N–H and O–H groups in total. The van der Waals surface area contributed by atoms with E-state index in [9.17, 15) is 14.9 Å². The van der Waals surface area contributed by atoms with Crippen molar-refractivity contribution in [1.29, 1.82) is 0 Å². The minimum atomic E-state index is -0.496. The maximum Gasteiger partial charge on any atom is 0.270 e. The zero-order valence-electron chi connectivity index (χ0n) is 17.4. The van der Waals surface area contributed by atoms with Crippen LogP contribution in [-0.2, 0) is 6.42 Å². The van der Waals surface area contributed by atoms with Gasteiger partial charge in [0.15, 0.2) is 5.13 Å². The van der Waals surface area contributed by atoms with Crippen LogP contribution < -0.4 is 10.2 Å². The zero-order chi connectivity index (χ0) is 21.8. The third-order valence-electron chi connectivity index (χ3n) is 5.53. The van der Waals surface area contributed by atoms with Crippen molar-refractivity contribution in [2.24, 2.45) is 0 Å². The summed E-state index contributed by atoms with van der Waals surface area (Å²) < 4.78 is 1.24. The Morgan fingerprint density at radius 1 is 1.19 bits per heavy atom. The molecule has 0 unspecified atom stereocenters. The number of benzene rings is 2. The van der Waals surface area contributed by atoms with Crippen LogP contribution in [0.4, 0.5) is 10.8 Å². The summed E-state index contributed by atoms with van der Waals surface area (Å²) >= 11 is 1.75. The topological polar surface area (TPSA) is 91.6 Å². The highest BCUT2D eigenvalue weighted by Crippen LogP contribution is 2.30. The molecule has 1 fully saturated rings. The van der Waals surface area contributed by atoms with E-state index in [4.69, 9.17) is 4.98 Å². The third kappa shape index (κ3) is 5.00. The van der Waals surface area contributed by atoms with Gasteiger partial charge in [0.25, 0.3) is 11.6 Å². The molecule has 2 heterocycles. The Morgan fingerprint density at radius 3 is 2.74 bits per heavy atom. The Labute approximate surface area is 184 Å². The van der Waals surface area contributed by atoms with Crippen LogP contribution in [-0.4, -0.2) is 60.0 Å². The van der Waals surface area contributed by atoms with E-state index in [0.717, 1.165) is 49.8 Å². The van der Waals surface area contributed by atoms with E-state index in [1.165, 1.54) is 28.5 Å². The maximum absolute atomic E-state index is 12.3. The molecule has 1 saturated heterocycles. The lowest BCUT2D eigenvalue weighted by atomic mass is 10.2. The van der Waals surface area contributed by atoms with E-state index >= 15 is 0 Å². The minimum absolute atomic E-state index is 0.0791. The van der Waals surface area contributed by atoms with Crippen LogP contribution in [0.25, 0.3) is 10.2 Å². The van der Waals surface area contributed by atoms with Gasteiger partial charge in [0.1, 0.15) is 0 Å². The number of hydrogen-bond acceptors (Lipinski definition) is 7. The van der Waals surface area contributed by atoms with Crippen LogP contribution in [0.15, 0.2) is 42.5 Å². The first-order valence-electron chi connectivity index (χ1n) is 10.4. The summed E-state index contributed by atoms with van der Waals surface area (Å²) in [7, 11) is 0. The number of nitro groups is 1. The molecule has 0 saturated carbocycles. The van der Waals surface area contributed by atoms with Gasteiger partial charge in [-0.2, -0.15) is 0 Å². The highest BCUT2D eigenvalue weighted by Gasteiger charge is 2.20. The molecule has 2 aromatic carbocycles. The summed E-state index contributed by atoms with van der Waals surface area (Å²) in [6, 6.07) is 12.3. The van der Waals surface area contributed by atoms with Gasteiger partial charge >= 0.3 is 0 Å². The average Bonchev–Trinajstić information content (AvgIpc) is 3.22. The van der Waals surface area contributed by atoms with Crippen molar-refractivity contribution >= 4 is 38.3 Å². The van der Waals surface area contributed by atoms with Crippen LogP contribution in [0.1, 0.15) is 22.8 Å². The zero-order valence-corrected chi connectivity index (χ0v) is 18.2. The predicted octanol–water partition coefficient (Wildman–Crippen LogP) is 3.32. The lowest BCUT2D eigenvalue weighted by molar-refractivity contribution is -0.384. The number of non-ortho nitro benzene ring substituents is 1. The van der Waals surface area contributed by atoms with Crippen molar-refractivity contribution in [2.45, 2.75) is 13.3 Å². The Morgan fingerprint density at radius 2 is 2.00 bits per heavy atom. The number of carbonyl (C=O) groups excluding carboxylic acids is 1. The molecule has 8 nitrogen and oxygen atoms in total. The molecule has 162 valence electrons. The Hall–Kier alpha value is -3.04. The van der Waals surface area contributed by atoms with Gasteiger partial charge in [-0.05, 0) is 30.2 Å². The second-order valence-electron chi connectivity index (χ2n) is 7.54. The van der Waals surface area contributed by atoms with Crippen molar-refractivity contribution < 1.29 is 9.72 Å². The fourth-order valence-electron chi connectivity index (χ4n) is 3.67. The first kappa shape index (κ1) is 21.2. The fraction of sp³-hybridized carbons (Fsp3) is 0.364. The lowest BCUT2D eigenvalue weighted by Crippen LogP contribution is -2.48. The number of aromatic nitrogens is 1. The van der Waals surface area contributed by atoms with Crippen molar-refractivity contribution in [2.75, 3.05) is 44.2 Å². The van der Waals surface area contributed by atoms with Crippen molar-refractivity contribution in [1.82, 2.24) is 15.2 Å². The van der Waals surface area contributed by atoms with Crippen LogP contribution in [0.5, 0.6) is 0 Å². The van der Waals surface area contributed by atoms with Gasteiger partial charge in [0.05, 0.1) is 15.1 Å². The first-order valence-corrected chi connectivity index (χ1v) is 11.2. The van der Waals surface area contributed by atoms with Crippen LogP contribution in [0.2, 0.25) is 0 Å². The van der Waals surface area contributed by atoms with Gasteiger partial charge in [0, 0.05) is 57.0 Å². The van der Waals surface area contributed by atoms with Crippen LogP contribution in [0.3, 0.4) is 0 Å². The Kier molecular flexibility index (Phi) is 6.43. The maximum atomic E-state index is 12.3. The van der Waals surface area contributed by atoms with Crippen LogP contribution in [0, 0.1) is 10.1 Å². The number of nitrogens with one attached hydrogen (secondary N) is 1. The smallest absolute Gasteiger partial charge is 0.270 e. The van der Waals surface area contributed by atoms with Crippen molar-refractivity contribution in [3.05, 3.63) is 63.7 Å². The highest BCUT2D eigenvalue weighted by atomic mass is 32.1. The average molecular weight is 440 g/mol. The number of aryl methyl sites for hydroxylation is 1. The molecule has 9 heteroatoms. The van der Waals surface area contributed by atoms with Gasteiger partial charge in [-0.15, -0.1) is 0 Å². The number of piperazine rings is 1. The molecular weight excluding hydrogens is 414 g/mol.